The average Bonchev–Trinajstić information content (AvgIpc) is 2.81. The fourth-order valence-electron chi connectivity index (χ4n) is 2.63. The number of benzene rings is 3. The first-order valence-electron chi connectivity index (χ1n) is 9.57. The van der Waals surface area contributed by atoms with Crippen molar-refractivity contribution in [2.24, 2.45) is 0 Å². The van der Waals surface area contributed by atoms with Crippen molar-refractivity contribution < 1.29 is 19.1 Å². The molecule has 3 aromatic rings. The van der Waals surface area contributed by atoms with Gasteiger partial charge in [0.1, 0.15) is 13.2 Å². The molecule has 0 fully saturated rings. The minimum atomic E-state index is -0.608. The zero-order valence-electron chi connectivity index (χ0n) is 16.4. The van der Waals surface area contributed by atoms with E-state index in [1.807, 2.05) is 91.0 Å². The van der Waals surface area contributed by atoms with Crippen LogP contribution in [0.5, 0.6) is 0 Å². The highest BCUT2D eigenvalue weighted by Crippen LogP contribution is 2.10. The van der Waals surface area contributed by atoms with Crippen molar-refractivity contribution in [2.45, 2.75) is 13.2 Å². The number of ether oxygens (including phenoxy) is 2. The van der Waals surface area contributed by atoms with Gasteiger partial charge in [-0.15, -0.1) is 0 Å². The number of hydrogen-bond donors (Lipinski definition) is 0. The van der Waals surface area contributed by atoms with Gasteiger partial charge in [0.2, 0.25) is 0 Å². The molecule has 0 unspecified atom stereocenters. The van der Waals surface area contributed by atoms with Crippen LogP contribution in [0.15, 0.2) is 109 Å². The van der Waals surface area contributed by atoms with Crippen molar-refractivity contribution in [1.29, 1.82) is 0 Å². The molecule has 0 aliphatic rings. The minimum absolute atomic E-state index is 0.118. The lowest BCUT2D eigenvalue weighted by molar-refractivity contribution is -0.142. The third-order valence-electron chi connectivity index (χ3n) is 4.20. The van der Waals surface area contributed by atoms with Crippen LogP contribution in [0.25, 0.3) is 6.08 Å². The predicted octanol–water partition coefficient (Wildman–Crippen LogP) is 5.11. The molecule has 0 N–H and O–H groups in total. The predicted molar refractivity (Wildman–Crippen MR) is 116 cm³/mol. The molecule has 0 heterocycles. The summed E-state index contributed by atoms with van der Waals surface area (Å²) >= 11 is 0. The van der Waals surface area contributed by atoms with Crippen LogP contribution in [-0.2, 0) is 32.3 Å². The highest BCUT2D eigenvalue weighted by molar-refractivity contribution is 5.99. The van der Waals surface area contributed by atoms with Crippen molar-refractivity contribution in [3.8, 4) is 0 Å². The third-order valence-corrected chi connectivity index (χ3v) is 4.20. The van der Waals surface area contributed by atoms with Gasteiger partial charge >= 0.3 is 11.9 Å². The molecular formula is C26H22O4. The zero-order valence-corrected chi connectivity index (χ0v) is 16.4. The lowest BCUT2D eigenvalue weighted by atomic mass is 10.1. The number of rotatable bonds is 8. The molecule has 0 atom stereocenters. The van der Waals surface area contributed by atoms with Gasteiger partial charge in [0.05, 0.1) is 5.57 Å². The Bertz CT molecular complexity index is 1010. The van der Waals surface area contributed by atoms with E-state index in [1.54, 1.807) is 12.2 Å². The quantitative estimate of drug-likeness (QED) is 0.300. The standard InChI is InChI=1S/C26H22O4/c27-25(29-19-22-12-6-2-7-13-22)18-24(17-16-21-10-4-1-5-11-21)26(28)30-20-23-14-8-3-9-15-23/h1-18H,19-20H2. The number of carbonyl (C=O) groups is 2. The molecule has 4 heteroatoms. The van der Waals surface area contributed by atoms with Crippen LogP contribution < -0.4 is 0 Å². The van der Waals surface area contributed by atoms with E-state index in [1.165, 1.54) is 0 Å². The van der Waals surface area contributed by atoms with Crippen molar-refractivity contribution in [2.75, 3.05) is 0 Å². The first kappa shape index (κ1) is 20.8. The summed E-state index contributed by atoms with van der Waals surface area (Å²) in [5, 5.41) is 0. The Labute approximate surface area is 176 Å². The Morgan fingerprint density at radius 1 is 0.667 bits per heavy atom. The van der Waals surface area contributed by atoms with E-state index in [0.717, 1.165) is 22.8 Å². The number of esters is 2. The van der Waals surface area contributed by atoms with Crippen LogP contribution in [0.4, 0.5) is 0 Å². The lowest BCUT2D eigenvalue weighted by Gasteiger charge is -2.07. The van der Waals surface area contributed by atoms with Crippen LogP contribution in [0.3, 0.4) is 0 Å². The number of hydrogen-bond acceptors (Lipinski definition) is 4. The maximum Gasteiger partial charge on any atom is 0.338 e. The first-order valence-corrected chi connectivity index (χ1v) is 9.57. The van der Waals surface area contributed by atoms with Gasteiger partial charge in [0.25, 0.3) is 0 Å². The van der Waals surface area contributed by atoms with Gasteiger partial charge in [-0.25, -0.2) is 9.59 Å². The summed E-state index contributed by atoms with van der Waals surface area (Å²) in [5.74, 6) is -1.20. The minimum Gasteiger partial charge on any atom is -0.458 e. The Morgan fingerprint density at radius 2 is 1.17 bits per heavy atom. The van der Waals surface area contributed by atoms with Gasteiger partial charge < -0.3 is 9.47 Å². The van der Waals surface area contributed by atoms with E-state index < -0.39 is 11.9 Å². The maximum atomic E-state index is 12.6. The molecule has 0 amide bonds. The summed E-state index contributed by atoms with van der Waals surface area (Å²) in [5.41, 5.74) is 2.75. The summed E-state index contributed by atoms with van der Waals surface area (Å²) in [7, 11) is 0. The van der Waals surface area contributed by atoms with Crippen molar-refractivity contribution >= 4 is 18.0 Å². The highest BCUT2D eigenvalue weighted by Gasteiger charge is 2.12. The zero-order chi connectivity index (χ0) is 21.0. The second kappa shape index (κ2) is 11.2. The van der Waals surface area contributed by atoms with E-state index in [0.29, 0.717) is 0 Å². The molecule has 30 heavy (non-hydrogen) atoms. The van der Waals surface area contributed by atoms with Crippen molar-refractivity contribution in [3.63, 3.8) is 0 Å². The maximum absolute atomic E-state index is 12.6. The molecule has 0 aromatic heterocycles. The van der Waals surface area contributed by atoms with Crippen LogP contribution in [0, 0.1) is 0 Å². The molecule has 0 spiro atoms. The summed E-state index contributed by atoms with van der Waals surface area (Å²) in [6.45, 7) is 0.250. The normalized spacial score (nSPS) is 11.3. The van der Waals surface area contributed by atoms with Gasteiger partial charge in [0.15, 0.2) is 0 Å². The van der Waals surface area contributed by atoms with Crippen molar-refractivity contribution in [1.82, 2.24) is 0 Å². The van der Waals surface area contributed by atoms with E-state index >= 15 is 0 Å². The van der Waals surface area contributed by atoms with E-state index in [-0.39, 0.29) is 18.8 Å². The second-order valence-electron chi connectivity index (χ2n) is 6.50. The van der Waals surface area contributed by atoms with Crippen LogP contribution in [0.1, 0.15) is 16.7 Å². The average molecular weight is 398 g/mol. The SMILES string of the molecule is O=C(C=C(C=Cc1ccccc1)C(=O)OCc1ccccc1)OCc1ccccc1. The molecule has 150 valence electrons. The topological polar surface area (TPSA) is 52.6 Å². The van der Waals surface area contributed by atoms with Crippen LogP contribution in [-0.4, -0.2) is 11.9 Å². The van der Waals surface area contributed by atoms with Crippen LogP contribution in [0.2, 0.25) is 0 Å². The highest BCUT2D eigenvalue weighted by atomic mass is 16.5. The molecule has 3 rings (SSSR count). The smallest absolute Gasteiger partial charge is 0.338 e. The van der Waals surface area contributed by atoms with Gasteiger partial charge in [0, 0.05) is 6.08 Å². The molecule has 0 saturated heterocycles. The molecule has 3 aromatic carbocycles. The fourth-order valence-corrected chi connectivity index (χ4v) is 2.63. The molecule has 0 aliphatic carbocycles. The second-order valence-corrected chi connectivity index (χ2v) is 6.50. The van der Waals surface area contributed by atoms with Crippen molar-refractivity contribution in [3.05, 3.63) is 125 Å². The summed E-state index contributed by atoms with van der Waals surface area (Å²) in [4.78, 5) is 24.9. The molecule has 4 nitrogen and oxygen atoms in total. The van der Waals surface area contributed by atoms with E-state index in [4.69, 9.17) is 9.47 Å². The summed E-state index contributed by atoms with van der Waals surface area (Å²) in [6, 6.07) is 28.2. The first-order chi connectivity index (χ1) is 14.7. The summed E-state index contributed by atoms with van der Waals surface area (Å²) < 4.78 is 10.6. The molecular weight excluding hydrogens is 376 g/mol. The largest absolute Gasteiger partial charge is 0.458 e. The van der Waals surface area contributed by atoms with E-state index in [9.17, 15) is 9.59 Å². The Morgan fingerprint density at radius 3 is 1.73 bits per heavy atom. The van der Waals surface area contributed by atoms with Gasteiger partial charge in [-0.3, -0.25) is 0 Å². The lowest BCUT2D eigenvalue weighted by Crippen LogP contribution is -2.10. The summed E-state index contributed by atoms with van der Waals surface area (Å²) in [6.07, 6.45) is 4.47. The molecule has 0 radical (unpaired) electrons. The Kier molecular flexibility index (Phi) is 7.75. The van der Waals surface area contributed by atoms with Gasteiger partial charge in [-0.2, -0.15) is 0 Å². The third kappa shape index (κ3) is 6.91. The molecule has 0 bridgehead atoms. The van der Waals surface area contributed by atoms with Gasteiger partial charge in [-0.05, 0) is 22.8 Å². The Balaban J connectivity index is 1.70. The monoisotopic (exact) mass is 398 g/mol. The molecule has 0 aliphatic heterocycles. The Hall–Kier alpha value is -3.92. The molecule has 0 saturated carbocycles. The van der Waals surface area contributed by atoms with Gasteiger partial charge in [-0.1, -0.05) is 97.1 Å². The van der Waals surface area contributed by atoms with E-state index in [2.05, 4.69) is 0 Å². The van der Waals surface area contributed by atoms with Crippen LogP contribution >= 0.6 is 0 Å². The fraction of sp³-hybridized carbons (Fsp3) is 0.0769. The number of carbonyl (C=O) groups excluding carboxylic acids is 2.